The van der Waals surface area contributed by atoms with E-state index in [0.29, 0.717) is 10.6 Å². The van der Waals surface area contributed by atoms with Crippen molar-refractivity contribution in [1.82, 2.24) is 0 Å². The van der Waals surface area contributed by atoms with Crippen LogP contribution in [0.5, 0.6) is 0 Å². The Morgan fingerprint density at radius 3 is 1.56 bits per heavy atom. The third kappa shape index (κ3) is 8.71. The zero-order chi connectivity index (χ0) is 24.1. The maximum atomic E-state index is 11.3. The van der Waals surface area contributed by atoms with Crippen LogP contribution in [0, 0.1) is 6.07 Å². The minimum Gasteiger partial charge on any atom is -0.744 e. The molecular weight excluding hydrogens is 533 g/mol. The van der Waals surface area contributed by atoms with E-state index in [0.717, 1.165) is 27.8 Å². The summed E-state index contributed by atoms with van der Waals surface area (Å²) in [6, 6.07) is 29.1. The van der Waals surface area contributed by atoms with Crippen molar-refractivity contribution < 1.29 is 72.1 Å². The average Bonchev–Trinajstić information content (AvgIpc) is 2.83. The van der Waals surface area contributed by atoms with Gasteiger partial charge in [0.1, 0.15) is 10.1 Å². The van der Waals surface area contributed by atoms with Gasteiger partial charge in [0, 0.05) is 0 Å². The number of benzene rings is 4. The third-order valence-electron chi connectivity index (χ3n) is 5.11. The smallest absolute Gasteiger partial charge is 0.744 e. The average molecular weight is 551 g/mol. The van der Waals surface area contributed by atoms with Crippen molar-refractivity contribution in [2.75, 3.05) is 0 Å². The summed E-state index contributed by atoms with van der Waals surface area (Å²) in [5.74, 6) is 0. The van der Waals surface area contributed by atoms with Crippen molar-refractivity contribution in [1.29, 1.82) is 0 Å². The van der Waals surface area contributed by atoms with Crippen molar-refractivity contribution in [2.45, 2.75) is 4.90 Å². The molecule has 0 aliphatic rings. The van der Waals surface area contributed by atoms with Gasteiger partial charge in [0.15, 0.2) is 0 Å². The molecule has 0 aliphatic carbocycles. The van der Waals surface area contributed by atoms with Crippen molar-refractivity contribution in [3.8, 4) is 11.1 Å². The van der Waals surface area contributed by atoms with Crippen LogP contribution in [0.2, 0.25) is 10.0 Å². The molecule has 0 bridgehead atoms. The van der Waals surface area contributed by atoms with Crippen molar-refractivity contribution >= 4 is 57.6 Å². The van der Waals surface area contributed by atoms with E-state index in [4.69, 9.17) is 23.2 Å². The normalized spacial score (nSPS) is 11.3. The fourth-order valence-corrected chi connectivity index (χ4v) is 4.40. The molecule has 4 aromatic carbocycles. The fourth-order valence-electron chi connectivity index (χ4n) is 3.30. The molecule has 0 fully saturated rings. The maximum absolute atomic E-state index is 11.3. The summed E-state index contributed by atoms with van der Waals surface area (Å²) < 4.78 is 33.9. The largest absolute Gasteiger partial charge is 1.00 e. The van der Waals surface area contributed by atoms with Gasteiger partial charge < -0.3 is 4.55 Å². The van der Waals surface area contributed by atoms with Gasteiger partial charge in [0.2, 0.25) is 0 Å². The molecule has 0 saturated carbocycles. The van der Waals surface area contributed by atoms with Crippen LogP contribution in [0.15, 0.2) is 89.8 Å². The fraction of sp³-hybridized carbons (Fsp3) is 0. The van der Waals surface area contributed by atoms with Gasteiger partial charge in [-0.1, -0.05) is 89.4 Å². The van der Waals surface area contributed by atoms with Crippen molar-refractivity contribution in [2.24, 2.45) is 0 Å². The first kappa shape index (κ1) is 31.1. The van der Waals surface area contributed by atoms with Crippen LogP contribution < -0.4 is 59.1 Å². The van der Waals surface area contributed by atoms with Crippen LogP contribution in [-0.2, 0) is 10.1 Å². The zero-order valence-electron chi connectivity index (χ0n) is 19.8. The van der Waals surface area contributed by atoms with Crippen molar-refractivity contribution in [3.05, 3.63) is 123 Å². The summed E-state index contributed by atoms with van der Waals surface area (Å²) in [5.41, 5.74) is 5.79. The second kappa shape index (κ2) is 14.1. The first-order chi connectivity index (χ1) is 16.3. The molecule has 8 heteroatoms. The van der Waals surface area contributed by atoms with Crippen LogP contribution in [0.1, 0.15) is 22.3 Å². The Morgan fingerprint density at radius 2 is 1.08 bits per heavy atom. The van der Waals surface area contributed by atoms with Gasteiger partial charge in [-0.05, 0) is 39.9 Å². The first-order valence-corrected chi connectivity index (χ1v) is 12.4. The molecule has 0 spiro atoms. The van der Waals surface area contributed by atoms with Gasteiger partial charge in [-0.15, -0.1) is 23.2 Å². The Kier molecular flexibility index (Phi) is 12.2. The van der Waals surface area contributed by atoms with E-state index in [2.05, 4.69) is 30.3 Å². The van der Waals surface area contributed by atoms with Gasteiger partial charge in [0.05, 0.1) is 9.92 Å². The third-order valence-corrected chi connectivity index (χ3v) is 6.67. The van der Waals surface area contributed by atoms with E-state index in [9.17, 15) is 13.0 Å². The van der Waals surface area contributed by atoms with E-state index in [-0.39, 0.29) is 64.1 Å². The Labute approximate surface area is 266 Å². The van der Waals surface area contributed by atoms with Crippen LogP contribution in [-0.4, -0.2) is 13.0 Å². The standard InChI is InChI=1S/C28H19Cl2O3S.2Na/c29-26-16-9-22(10-17-26)2-1-20-5-12-24(13-6-20)25-14-7-21(8-15-25)3-4-23-11-18-27(30)28(19-23)34(31,32)33;;/h1-16,18-19H,(H,31,32,33);;/q-1;2*+1/p-1/b2-1+,4-3+;;. The summed E-state index contributed by atoms with van der Waals surface area (Å²) in [5, 5.41) is 0.512. The second-order valence-electron chi connectivity index (χ2n) is 7.52. The topological polar surface area (TPSA) is 57.2 Å². The molecule has 0 aromatic heterocycles. The first-order valence-electron chi connectivity index (χ1n) is 10.3. The Hall–Kier alpha value is -1.15. The Morgan fingerprint density at radius 1 is 0.639 bits per heavy atom. The van der Waals surface area contributed by atoms with Crippen LogP contribution in [0.3, 0.4) is 0 Å². The van der Waals surface area contributed by atoms with Crippen molar-refractivity contribution in [3.63, 3.8) is 0 Å². The second-order valence-corrected chi connectivity index (χ2v) is 9.69. The van der Waals surface area contributed by atoms with E-state index in [1.54, 1.807) is 12.1 Å². The molecular formula is C28H18Cl2Na2O3S. The Balaban J connectivity index is 0.00000228. The van der Waals surface area contributed by atoms with E-state index in [1.165, 1.54) is 12.1 Å². The molecule has 0 radical (unpaired) electrons. The van der Waals surface area contributed by atoms with E-state index in [1.807, 2.05) is 60.7 Å². The van der Waals surface area contributed by atoms with Gasteiger partial charge in [-0.2, -0.15) is 24.3 Å². The molecule has 0 heterocycles. The zero-order valence-corrected chi connectivity index (χ0v) is 26.1. The van der Waals surface area contributed by atoms with Gasteiger partial charge >= 0.3 is 59.1 Å². The minimum atomic E-state index is -4.62. The van der Waals surface area contributed by atoms with Crippen LogP contribution in [0.25, 0.3) is 35.4 Å². The number of hydrogen-bond donors (Lipinski definition) is 0. The summed E-state index contributed by atoms with van der Waals surface area (Å²) in [4.78, 5) is -0.420. The number of hydrogen-bond acceptors (Lipinski definition) is 3. The number of rotatable bonds is 6. The van der Waals surface area contributed by atoms with E-state index < -0.39 is 15.0 Å². The van der Waals surface area contributed by atoms with Crippen LogP contribution >= 0.6 is 23.2 Å². The predicted molar refractivity (Wildman–Crippen MR) is 139 cm³/mol. The summed E-state index contributed by atoms with van der Waals surface area (Å²) in [7, 11) is -4.62. The summed E-state index contributed by atoms with van der Waals surface area (Å²) >= 11 is 11.7. The molecule has 0 N–H and O–H groups in total. The molecule has 0 saturated heterocycles. The minimum absolute atomic E-state index is 0. The monoisotopic (exact) mass is 550 g/mol. The number of halogens is 2. The van der Waals surface area contributed by atoms with Crippen LogP contribution in [0.4, 0.5) is 0 Å². The predicted octanol–water partition coefficient (Wildman–Crippen LogP) is 1.71. The SMILES string of the molecule is O=S(=O)([O-])c1cc(/C=C/c2ccc(-c3ccc(/C=C/c4c[c-]c(Cl)cc4)cc3)cc2)ccc1Cl.[Na+].[Na+]. The molecule has 3 nitrogen and oxygen atoms in total. The Bertz CT molecular complexity index is 1470. The van der Waals surface area contributed by atoms with Gasteiger partial charge in [-0.25, -0.2) is 8.42 Å². The maximum Gasteiger partial charge on any atom is 1.00 e. The molecule has 0 unspecified atom stereocenters. The molecule has 0 amide bonds. The molecule has 36 heavy (non-hydrogen) atoms. The molecule has 4 aromatic rings. The molecule has 170 valence electrons. The molecule has 0 aliphatic heterocycles. The summed E-state index contributed by atoms with van der Waals surface area (Å²) in [6.07, 6.45) is 7.63. The van der Waals surface area contributed by atoms with Gasteiger partial charge in [0.25, 0.3) is 0 Å². The van der Waals surface area contributed by atoms with Gasteiger partial charge in [-0.3, -0.25) is 0 Å². The quantitative estimate of drug-likeness (QED) is 0.159. The molecule has 4 rings (SSSR count). The summed E-state index contributed by atoms with van der Waals surface area (Å²) in [6.45, 7) is 0. The van der Waals surface area contributed by atoms with E-state index >= 15 is 0 Å². The molecule has 0 atom stereocenters.